The molecule has 1 saturated heterocycles. The number of halogens is 1. The summed E-state index contributed by atoms with van der Waals surface area (Å²) in [5, 5.41) is 14.0. The molecule has 0 unspecified atom stereocenters. The van der Waals surface area contributed by atoms with Crippen molar-refractivity contribution in [3.63, 3.8) is 0 Å². The van der Waals surface area contributed by atoms with Crippen molar-refractivity contribution in [2.24, 2.45) is 0 Å². The van der Waals surface area contributed by atoms with Crippen molar-refractivity contribution in [3.8, 4) is 0 Å². The van der Waals surface area contributed by atoms with Crippen LogP contribution in [-0.2, 0) is 16.0 Å². The lowest BCUT2D eigenvalue weighted by Crippen LogP contribution is -2.50. The standard InChI is InChI=1S/C17H19ClN2O4/c1-11-8-12(24-19-11)9-16(22)20-6-7-23-15(10-21)17(20)13-4-2-3-5-14(13)18/h2-5,8,15,17,21H,6-7,9-10H2,1H3/t15-,17-/m0/s1. The lowest BCUT2D eigenvalue weighted by Gasteiger charge is -2.41. The van der Waals surface area contributed by atoms with E-state index in [9.17, 15) is 9.90 Å². The van der Waals surface area contributed by atoms with Gasteiger partial charge in [-0.3, -0.25) is 4.79 Å². The van der Waals surface area contributed by atoms with Crippen molar-refractivity contribution in [3.05, 3.63) is 52.4 Å². The van der Waals surface area contributed by atoms with Crippen LogP contribution in [0.3, 0.4) is 0 Å². The number of aryl methyl sites for hydroxylation is 1. The van der Waals surface area contributed by atoms with Crippen LogP contribution in [0, 0.1) is 6.92 Å². The first-order valence-corrected chi connectivity index (χ1v) is 8.16. The van der Waals surface area contributed by atoms with E-state index in [1.54, 1.807) is 24.0 Å². The highest BCUT2D eigenvalue weighted by atomic mass is 35.5. The molecule has 1 aliphatic heterocycles. The third kappa shape index (κ3) is 3.45. The molecule has 1 amide bonds. The minimum atomic E-state index is -0.515. The summed E-state index contributed by atoms with van der Waals surface area (Å²) in [6, 6.07) is 8.60. The number of rotatable bonds is 4. The lowest BCUT2D eigenvalue weighted by atomic mass is 9.97. The summed E-state index contributed by atoms with van der Waals surface area (Å²) < 4.78 is 10.8. The summed E-state index contributed by atoms with van der Waals surface area (Å²) in [6.45, 7) is 2.41. The average molecular weight is 351 g/mol. The van der Waals surface area contributed by atoms with Gasteiger partial charge in [0, 0.05) is 17.6 Å². The largest absolute Gasteiger partial charge is 0.394 e. The molecular weight excluding hydrogens is 332 g/mol. The number of aliphatic hydroxyl groups excluding tert-OH is 1. The lowest BCUT2D eigenvalue weighted by molar-refractivity contribution is -0.149. The number of amides is 1. The second kappa shape index (κ2) is 7.34. The number of carbonyl (C=O) groups is 1. The molecule has 2 aromatic rings. The van der Waals surface area contributed by atoms with Crippen LogP contribution in [0.15, 0.2) is 34.9 Å². The average Bonchev–Trinajstić information content (AvgIpc) is 2.99. The molecule has 0 bridgehead atoms. The molecule has 128 valence electrons. The summed E-state index contributed by atoms with van der Waals surface area (Å²) in [6.07, 6.45) is -0.404. The first-order chi connectivity index (χ1) is 11.6. The molecule has 1 N–H and O–H groups in total. The van der Waals surface area contributed by atoms with E-state index in [1.807, 2.05) is 18.2 Å². The molecule has 1 fully saturated rings. The minimum absolute atomic E-state index is 0.111. The van der Waals surface area contributed by atoms with Gasteiger partial charge in [-0.1, -0.05) is 35.0 Å². The smallest absolute Gasteiger partial charge is 0.230 e. The third-order valence-corrected chi connectivity index (χ3v) is 4.42. The number of ether oxygens (including phenoxy) is 1. The van der Waals surface area contributed by atoms with Gasteiger partial charge in [0.2, 0.25) is 5.91 Å². The van der Waals surface area contributed by atoms with Crippen LogP contribution >= 0.6 is 11.6 Å². The zero-order valence-electron chi connectivity index (χ0n) is 13.3. The number of aromatic nitrogens is 1. The van der Waals surface area contributed by atoms with Crippen LogP contribution in [0.4, 0.5) is 0 Å². The van der Waals surface area contributed by atoms with Crippen LogP contribution < -0.4 is 0 Å². The zero-order chi connectivity index (χ0) is 17.1. The van der Waals surface area contributed by atoms with E-state index in [-0.39, 0.29) is 18.9 Å². The number of carbonyl (C=O) groups excluding carboxylic acids is 1. The molecule has 1 aromatic heterocycles. The number of morpholine rings is 1. The van der Waals surface area contributed by atoms with Gasteiger partial charge in [0.25, 0.3) is 0 Å². The molecule has 7 heteroatoms. The Morgan fingerprint density at radius 2 is 2.25 bits per heavy atom. The van der Waals surface area contributed by atoms with Gasteiger partial charge in [-0.05, 0) is 18.6 Å². The fourth-order valence-corrected chi connectivity index (χ4v) is 3.25. The molecule has 1 aromatic carbocycles. The van der Waals surface area contributed by atoms with Crippen LogP contribution in [0.5, 0.6) is 0 Å². The van der Waals surface area contributed by atoms with E-state index < -0.39 is 12.1 Å². The third-order valence-electron chi connectivity index (χ3n) is 4.08. The normalized spacial score (nSPS) is 21.0. The molecule has 0 radical (unpaired) electrons. The molecular formula is C17H19ClN2O4. The number of hydrogen-bond acceptors (Lipinski definition) is 5. The van der Waals surface area contributed by atoms with Gasteiger partial charge in [0.1, 0.15) is 11.9 Å². The Kier molecular flexibility index (Phi) is 5.18. The molecule has 2 atom stereocenters. The maximum Gasteiger partial charge on any atom is 0.230 e. The van der Waals surface area contributed by atoms with E-state index in [4.69, 9.17) is 20.9 Å². The number of hydrogen-bond donors (Lipinski definition) is 1. The SMILES string of the molecule is Cc1cc(CC(=O)N2CCO[C@@H](CO)[C@@H]2c2ccccc2Cl)on1. The number of nitrogens with zero attached hydrogens (tertiary/aromatic N) is 2. The van der Waals surface area contributed by atoms with Crippen LogP contribution in [0.25, 0.3) is 0 Å². The van der Waals surface area contributed by atoms with Crippen molar-refractivity contribution in [1.82, 2.24) is 10.1 Å². The Hall–Kier alpha value is -1.89. The Bertz CT molecular complexity index is 718. The zero-order valence-corrected chi connectivity index (χ0v) is 14.1. The quantitative estimate of drug-likeness (QED) is 0.914. The van der Waals surface area contributed by atoms with Crippen molar-refractivity contribution in [1.29, 1.82) is 0 Å². The monoisotopic (exact) mass is 350 g/mol. The molecule has 0 saturated carbocycles. The highest BCUT2D eigenvalue weighted by molar-refractivity contribution is 6.31. The van der Waals surface area contributed by atoms with E-state index in [1.165, 1.54) is 0 Å². The highest BCUT2D eigenvalue weighted by Crippen LogP contribution is 2.34. The summed E-state index contributed by atoms with van der Waals surface area (Å²) >= 11 is 6.31. The predicted molar refractivity (Wildman–Crippen MR) is 87.7 cm³/mol. The predicted octanol–water partition coefficient (Wildman–Crippen LogP) is 2.14. The molecule has 0 spiro atoms. The van der Waals surface area contributed by atoms with E-state index in [0.29, 0.717) is 23.9 Å². The number of benzene rings is 1. The number of aliphatic hydroxyl groups is 1. The van der Waals surface area contributed by atoms with E-state index >= 15 is 0 Å². The first kappa shape index (κ1) is 17.0. The fourth-order valence-electron chi connectivity index (χ4n) is 3.00. The molecule has 2 heterocycles. The Balaban J connectivity index is 1.88. The van der Waals surface area contributed by atoms with Gasteiger partial charge in [0.15, 0.2) is 0 Å². The molecule has 1 aliphatic rings. The molecule has 24 heavy (non-hydrogen) atoms. The molecule has 0 aliphatic carbocycles. The van der Waals surface area contributed by atoms with Gasteiger partial charge < -0.3 is 19.3 Å². The van der Waals surface area contributed by atoms with E-state index in [0.717, 1.165) is 11.3 Å². The van der Waals surface area contributed by atoms with E-state index in [2.05, 4.69) is 5.16 Å². The van der Waals surface area contributed by atoms with Gasteiger partial charge in [-0.2, -0.15) is 0 Å². The van der Waals surface area contributed by atoms with Crippen molar-refractivity contribution in [2.75, 3.05) is 19.8 Å². The fraction of sp³-hybridized carbons (Fsp3) is 0.412. The van der Waals surface area contributed by atoms with Crippen LogP contribution in [-0.4, -0.2) is 46.9 Å². The minimum Gasteiger partial charge on any atom is -0.394 e. The Morgan fingerprint density at radius 3 is 2.92 bits per heavy atom. The summed E-state index contributed by atoms with van der Waals surface area (Å²) in [5.41, 5.74) is 1.50. The maximum absolute atomic E-state index is 12.8. The first-order valence-electron chi connectivity index (χ1n) is 7.78. The summed E-state index contributed by atoms with van der Waals surface area (Å²) in [7, 11) is 0. The van der Waals surface area contributed by atoms with Gasteiger partial charge in [0.05, 0.1) is 31.4 Å². The Morgan fingerprint density at radius 1 is 1.46 bits per heavy atom. The van der Waals surface area contributed by atoms with Crippen molar-refractivity contribution >= 4 is 17.5 Å². The van der Waals surface area contributed by atoms with Crippen LogP contribution in [0.2, 0.25) is 5.02 Å². The van der Waals surface area contributed by atoms with Gasteiger partial charge in [-0.25, -0.2) is 0 Å². The van der Waals surface area contributed by atoms with Crippen molar-refractivity contribution in [2.45, 2.75) is 25.5 Å². The topological polar surface area (TPSA) is 75.8 Å². The van der Waals surface area contributed by atoms with Gasteiger partial charge >= 0.3 is 0 Å². The van der Waals surface area contributed by atoms with Crippen molar-refractivity contribution < 1.29 is 19.2 Å². The maximum atomic E-state index is 12.8. The molecule has 3 rings (SSSR count). The van der Waals surface area contributed by atoms with Crippen LogP contribution in [0.1, 0.15) is 23.1 Å². The molecule has 6 nitrogen and oxygen atoms in total. The van der Waals surface area contributed by atoms with Gasteiger partial charge in [-0.15, -0.1) is 0 Å². The summed E-state index contributed by atoms with van der Waals surface area (Å²) in [4.78, 5) is 14.5. The highest BCUT2D eigenvalue weighted by Gasteiger charge is 2.37. The Labute approximate surface area is 144 Å². The second-order valence-electron chi connectivity index (χ2n) is 5.76. The summed E-state index contributed by atoms with van der Waals surface area (Å²) in [5.74, 6) is 0.403. The second-order valence-corrected chi connectivity index (χ2v) is 6.16.